The second-order valence-corrected chi connectivity index (χ2v) is 7.68. The van der Waals surface area contributed by atoms with E-state index >= 15 is 0 Å². The summed E-state index contributed by atoms with van der Waals surface area (Å²) in [6, 6.07) is 15.2. The second kappa shape index (κ2) is 11.2. The largest absolute Gasteiger partial charge is 0.338 e. The molecule has 0 radical (unpaired) electrons. The molecule has 0 amide bonds. The Labute approximate surface area is 188 Å². The van der Waals surface area contributed by atoms with Gasteiger partial charge in [-0.2, -0.15) is 0 Å². The zero-order chi connectivity index (χ0) is 20.8. The van der Waals surface area contributed by atoms with Gasteiger partial charge in [0.15, 0.2) is 0 Å². The maximum absolute atomic E-state index is 13.4. The summed E-state index contributed by atoms with van der Waals surface area (Å²) in [6.45, 7) is 4.81. The minimum absolute atomic E-state index is 0. The first-order chi connectivity index (χ1) is 14.7. The number of aromatic nitrogens is 2. The van der Waals surface area contributed by atoms with Crippen molar-refractivity contribution in [1.82, 2.24) is 14.9 Å². The van der Waals surface area contributed by atoms with E-state index in [1.807, 2.05) is 30.3 Å². The molecule has 2 heterocycles. The van der Waals surface area contributed by atoms with Crippen LogP contribution in [0.2, 0.25) is 0 Å². The topological polar surface area (TPSA) is 32.3 Å². The Bertz CT molecular complexity index is 869. The van der Waals surface area contributed by atoms with Gasteiger partial charge in [-0.1, -0.05) is 24.3 Å². The molecule has 1 fully saturated rings. The first-order valence-electron chi connectivity index (χ1n) is 10.4. The molecular formula is C24H27ClF2N4. The first kappa shape index (κ1) is 23.1. The Morgan fingerprint density at radius 1 is 0.774 bits per heavy atom. The van der Waals surface area contributed by atoms with Gasteiger partial charge in [0.1, 0.15) is 11.6 Å². The molecule has 1 aliphatic rings. The quantitative estimate of drug-likeness (QED) is 0.518. The fraction of sp³-hybridized carbons (Fsp3) is 0.333. The summed E-state index contributed by atoms with van der Waals surface area (Å²) >= 11 is 0. The van der Waals surface area contributed by atoms with Crippen LogP contribution in [0, 0.1) is 11.6 Å². The molecule has 0 atom stereocenters. The lowest BCUT2D eigenvalue weighted by molar-refractivity contribution is 0.250. The average Bonchev–Trinajstić information content (AvgIpc) is 2.79. The molecule has 4 nitrogen and oxygen atoms in total. The van der Waals surface area contributed by atoms with Crippen LogP contribution >= 0.6 is 12.4 Å². The number of nitrogens with zero attached hydrogens (tertiary/aromatic N) is 4. The maximum atomic E-state index is 13.4. The minimum Gasteiger partial charge on any atom is -0.338 e. The van der Waals surface area contributed by atoms with E-state index in [0.29, 0.717) is 0 Å². The fourth-order valence-electron chi connectivity index (χ4n) is 4.06. The van der Waals surface area contributed by atoms with Gasteiger partial charge in [-0.15, -0.1) is 12.4 Å². The molecule has 0 spiro atoms. The average molecular weight is 445 g/mol. The van der Waals surface area contributed by atoms with Crippen LogP contribution in [-0.4, -0.2) is 47.6 Å². The number of hydrogen-bond acceptors (Lipinski definition) is 4. The zero-order valence-corrected chi connectivity index (χ0v) is 18.1. The monoisotopic (exact) mass is 444 g/mol. The molecular weight excluding hydrogens is 418 g/mol. The standard InChI is InChI=1S/C24H26F2N4.ClH/c25-21-8-4-19(5-9-21)23(20-6-10-22(26)11-7-20)3-1-14-29-15-17-30(18-16-29)24-27-12-2-13-28-24;/h2,4-13,23H,1,3,14-18H2;1H. The lowest BCUT2D eigenvalue weighted by Gasteiger charge is -2.34. The molecule has 4 rings (SSSR count). The number of rotatable bonds is 7. The van der Waals surface area contributed by atoms with E-state index in [1.54, 1.807) is 12.4 Å². The molecule has 31 heavy (non-hydrogen) atoms. The van der Waals surface area contributed by atoms with E-state index in [9.17, 15) is 8.78 Å². The Hall–Kier alpha value is -2.57. The van der Waals surface area contributed by atoms with Crippen LogP contribution in [0.3, 0.4) is 0 Å². The first-order valence-corrected chi connectivity index (χ1v) is 10.4. The molecule has 0 unspecified atom stereocenters. The van der Waals surface area contributed by atoms with Crippen LogP contribution in [-0.2, 0) is 0 Å². The zero-order valence-electron chi connectivity index (χ0n) is 17.3. The highest BCUT2D eigenvalue weighted by atomic mass is 35.5. The van der Waals surface area contributed by atoms with Crippen molar-refractivity contribution in [3.63, 3.8) is 0 Å². The summed E-state index contributed by atoms with van der Waals surface area (Å²) in [5.74, 6) is 0.448. The van der Waals surface area contributed by atoms with Gasteiger partial charge in [-0.25, -0.2) is 18.7 Å². The van der Waals surface area contributed by atoms with Gasteiger partial charge in [0.25, 0.3) is 0 Å². The van der Waals surface area contributed by atoms with E-state index < -0.39 is 0 Å². The predicted octanol–water partition coefficient (Wildman–Crippen LogP) is 4.91. The van der Waals surface area contributed by atoms with Crippen molar-refractivity contribution in [1.29, 1.82) is 0 Å². The number of halogens is 3. The van der Waals surface area contributed by atoms with E-state index in [4.69, 9.17) is 0 Å². The maximum Gasteiger partial charge on any atom is 0.225 e. The molecule has 0 aliphatic carbocycles. The van der Waals surface area contributed by atoms with Crippen molar-refractivity contribution in [2.24, 2.45) is 0 Å². The van der Waals surface area contributed by atoms with Gasteiger partial charge in [0.2, 0.25) is 5.95 Å². The van der Waals surface area contributed by atoms with E-state index in [-0.39, 0.29) is 30.0 Å². The van der Waals surface area contributed by atoms with Crippen LogP contribution in [0.15, 0.2) is 67.0 Å². The highest BCUT2D eigenvalue weighted by Gasteiger charge is 2.20. The van der Waals surface area contributed by atoms with E-state index in [0.717, 1.165) is 62.6 Å². The number of benzene rings is 2. The summed E-state index contributed by atoms with van der Waals surface area (Å²) in [5.41, 5.74) is 2.13. The summed E-state index contributed by atoms with van der Waals surface area (Å²) in [7, 11) is 0. The normalized spacial score (nSPS) is 14.5. The Kier molecular flexibility index (Phi) is 8.32. The number of piperazine rings is 1. The molecule has 1 aromatic heterocycles. The highest BCUT2D eigenvalue weighted by molar-refractivity contribution is 5.85. The smallest absolute Gasteiger partial charge is 0.225 e. The summed E-state index contributed by atoms with van der Waals surface area (Å²) in [5, 5.41) is 0. The van der Waals surface area contributed by atoms with Crippen molar-refractivity contribution in [2.45, 2.75) is 18.8 Å². The third-order valence-corrected chi connectivity index (χ3v) is 5.72. The predicted molar refractivity (Wildman–Crippen MR) is 122 cm³/mol. The van der Waals surface area contributed by atoms with Gasteiger partial charge in [-0.3, -0.25) is 4.90 Å². The highest BCUT2D eigenvalue weighted by Crippen LogP contribution is 2.30. The Morgan fingerprint density at radius 3 is 1.81 bits per heavy atom. The Morgan fingerprint density at radius 2 is 1.29 bits per heavy atom. The summed E-state index contributed by atoms with van der Waals surface area (Å²) in [6.07, 6.45) is 5.50. The number of anilines is 1. The van der Waals surface area contributed by atoms with Gasteiger partial charge in [-0.05, 0) is 60.8 Å². The molecule has 0 saturated carbocycles. The van der Waals surface area contributed by atoms with Crippen LogP contribution in [0.25, 0.3) is 0 Å². The van der Waals surface area contributed by atoms with Gasteiger partial charge >= 0.3 is 0 Å². The van der Waals surface area contributed by atoms with Crippen LogP contribution in [0.1, 0.15) is 29.9 Å². The van der Waals surface area contributed by atoms with Crippen molar-refractivity contribution < 1.29 is 8.78 Å². The van der Waals surface area contributed by atoms with Crippen molar-refractivity contribution >= 4 is 18.4 Å². The molecule has 0 bridgehead atoms. The number of hydrogen-bond donors (Lipinski definition) is 0. The molecule has 0 N–H and O–H groups in total. The van der Waals surface area contributed by atoms with Gasteiger partial charge in [0.05, 0.1) is 0 Å². The molecule has 1 aliphatic heterocycles. The van der Waals surface area contributed by atoms with E-state index in [2.05, 4.69) is 19.8 Å². The Balaban J connectivity index is 0.00000272. The van der Waals surface area contributed by atoms with Crippen LogP contribution < -0.4 is 4.90 Å². The molecule has 7 heteroatoms. The van der Waals surface area contributed by atoms with Gasteiger partial charge in [0, 0.05) is 44.5 Å². The molecule has 1 saturated heterocycles. The molecule has 2 aromatic carbocycles. The van der Waals surface area contributed by atoms with Crippen LogP contribution in [0.4, 0.5) is 14.7 Å². The van der Waals surface area contributed by atoms with Gasteiger partial charge < -0.3 is 4.90 Å². The fourth-order valence-corrected chi connectivity index (χ4v) is 4.06. The minimum atomic E-state index is -0.239. The lowest BCUT2D eigenvalue weighted by atomic mass is 9.87. The SMILES string of the molecule is Cl.Fc1ccc(C(CCCN2CCN(c3ncccn3)CC2)c2ccc(F)cc2)cc1. The van der Waals surface area contributed by atoms with Crippen molar-refractivity contribution in [3.05, 3.63) is 89.8 Å². The van der Waals surface area contributed by atoms with Crippen LogP contribution in [0.5, 0.6) is 0 Å². The second-order valence-electron chi connectivity index (χ2n) is 7.68. The third-order valence-electron chi connectivity index (χ3n) is 5.72. The molecule has 3 aromatic rings. The summed E-state index contributed by atoms with van der Waals surface area (Å²) in [4.78, 5) is 13.4. The third kappa shape index (κ3) is 6.21. The van der Waals surface area contributed by atoms with Crippen molar-refractivity contribution in [2.75, 3.05) is 37.6 Å². The van der Waals surface area contributed by atoms with Crippen molar-refractivity contribution in [3.8, 4) is 0 Å². The summed E-state index contributed by atoms with van der Waals surface area (Å²) < 4.78 is 26.8. The molecule has 164 valence electrons. The van der Waals surface area contributed by atoms with E-state index in [1.165, 1.54) is 24.3 Å². The lowest BCUT2D eigenvalue weighted by Crippen LogP contribution is -2.47.